The molecule has 0 unspecified atom stereocenters. The molecule has 4 rings (SSSR count). The smallest absolute Gasteiger partial charge is 0.253 e. The van der Waals surface area contributed by atoms with Gasteiger partial charge in [-0.05, 0) is 57.1 Å². The van der Waals surface area contributed by atoms with E-state index in [1.165, 1.54) is 0 Å². The molecule has 194 valence electrons. The van der Waals surface area contributed by atoms with Gasteiger partial charge in [0.1, 0.15) is 19.0 Å². The van der Waals surface area contributed by atoms with Crippen molar-refractivity contribution in [2.24, 2.45) is 5.92 Å². The number of piperidine rings is 1. The van der Waals surface area contributed by atoms with Gasteiger partial charge in [-0.25, -0.2) is 0 Å². The molecule has 2 fully saturated rings. The summed E-state index contributed by atoms with van der Waals surface area (Å²) in [7, 11) is 2.09. The van der Waals surface area contributed by atoms with Crippen LogP contribution in [-0.2, 0) is 4.79 Å². The quantitative estimate of drug-likeness (QED) is 0.498. The van der Waals surface area contributed by atoms with Gasteiger partial charge >= 0.3 is 0 Å². The van der Waals surface area contributed by atoms with Crippen molar-refractivity contribution < 1.29 is 23.8 Å². The van der Waals surface area contributed by atoms with Crippen LogP contribution in [0.25, 0.3) is 0 Å². The molecule has 36 heavy (non-hydrogen) atoms. The van der Waals surface area contributed by atoms with E-state index in [-0.39, 0.29) is 17.7 Å². The maximum absolute atomic E-state index is 13.2. The maximum atomic E-state index is 13.2. The number of rotatable bonds is 9. The molecule has 2 heterocycles. The summed E-state index contributed by atoms with van der Waals surface area (Å²) >= 11 is 0. The number of ether oxygens (including phenoxy) is 3. The van der Waals surface area contributed by atoms with E-state index < -0.39 is 0 Å². The highest BCUT2D eigenvalue weighted by Crippen LogP contribution is 2.30. The van der Waals surface area contributed by atoms with Crippen molar-refractivity contribution in [3.8, 4) is 17.2 Å². The molecule has 0 aliphatic carbocycles. The molecule has 0 bridgehead atoms. The van der Waals surface area contributed by atoms with Gasteiger partial charge in [0.05, 0.1) is 6.61 Å². The highest BCUT2D eigenvalue weighted by molar-refractivity contribution is 5.95. The Morgan fingerprint density at radius 3 is 2.19 bits per heavy atom. The molecule has 0 N–H and O–H groups in total. The van der Waals surface area contributed by atoms with Crippen LogP contribution in [0.1, 0.15) is 30.1 Å². The van der Waals surface area contributed by atoms with E-state index in [0.29, 0.717) is 62.8 Å². The molecule has 2 saturated heterocycles. The van der Waals surface area contributed by atoms with E-state index in [4.69, 9.17) is 14.2 Å². The standard InChI is InChI=1S/C28H37N3O5/c1-3-34-26-21-23(9-10-25(26)36-20-19-35-24-7-5-4-6-8-24)28(33)30-13-11-22(12-14-30)27(32)31-17-15-29(2)16-18-31/h4-10,21-22H,3,11-20H2,1-2H3. The molecule has 2 aromatic carbocycles. The van der Waals surface area contributed by atoms with E-state index in [9.17, 15) is 9.59 Å². The van der Waals surface area contributed by atoms with Crippen molar-refractivity contribution >= 4 is 11.8 Å². The van der Waals surface area contributed by atoms with E-state index in [1.807, 2.05) is 47.1 Å². The lowest BCUT2D eigenvalue weighted by Gasteiger charge is -2.37. The Labute approximate surface area is 213 Å². The predicted octanol–water partition coefficient (Wildman–Crippen LogP) is 3.17. The number of likely N-dealkylation sites (tertiary alicyclic amines) is 1. The van der Waals surface area contributed by atoms with Crippen LogP contribution in [0.15, 0.2) is 48.5 Å². The fourth-order valence-electron chi connectivity index (χ4n) is 4.65. The number of carbonyl (C=O) groups excluding carboxylic acids is 2. The second kappa shape index (κ2) is 12.6. The SMILES string of the molecule is CCOc1cc(C(=O)N2CCC(C(=O)N3CCN(C)CC3)CC2)ccc1OCCOc1ccccc1. The lowest BCUT2D eigenvalue weighted by Crippen LogP contribution is -2.51. The molecule has 0 radical (unpaired) electrons. The third-order valence-corrected chi connectivity index (χ3v) is 6.79. The number of benzene rings is 2. The van der Waals surface area contributed by atoms with Crippen LogP contribution in [0, 0.1) is 5.92 Å². The molecule has 0 aromatic heterocycles. The zero-order valence-corrected chi connectivity index (χ0v) is 21.4. The van der Waals surface area contributed by atoms with Crippen molar-refractivity contribution in [3.05, 3.63) is 54.1 Å². The number of para-hydroxylation sites is 1. The lowest BCUT2D eigenvalue weighted by atomic mass is 9.94. The summed E-state index contributed by atoms with van der Waals surface area (Å²) in [5, 5.41) is 0. The topological polar surface area (TPSA) is 71.6 Å². The van der Waals surface area contributed by atoms with Gasteiger partial charge < -0.3 is 28.9 Å². The van der Waals surface area contributed by atoms with Crippen molar-refractivity contribution in [3.63, 3.8) is 0 Å². The van der Waals surface area contributed by atoms with Crippen molar-refractivity contribution in [2.45, 2.75) is 19.8 Å². The normalized spacial score (nSPS) is 17.1. The second-order valence-electron chi connectivity index (χ2n) is 9.30. The van der Waals surface area contributed by atoms with Gasteiger partial charge in [-0.1, -0.05) is 18.2 Å². The molecule has 0 saturated carbocycles. The van der Waals surface area contributed by atoms with Crippen LogP contribution in [0.2, 0.25) is 0 Å². The summed E-state index contributed by atoms with van der Waals surface area (Å²) in [6.45, 7) is 7.73. The minimum atomic E-state index is -0.0413. The first-order valence-corrected chi connectivity index (χ1v) is 12.9. The monoisotopic (exact) mass is 495 g/mol. The average molecular weight is 496 g/mol. The lowest BCUT2D eigenvalue weighted by molar-refractivity contribution is -0.138. The molecule has 2 aromatic rings. The van der Waals surface area contributed by atoms with Gasteiger partial charge in [0.2, 0.25) is 5.91 Å². The largest absolute Gasteiger partial charge is 0.490 e. The molecule has 0 atom stereocenters. The fraction of sp³-hybridized carbons (Fsp3) is 0.500. The Balaban J connectivity index is 1.29. The van der Waals surface area contributed by atoms with Crippen LogP contribution >= 0.6 is 0 Å². The van der Waals surface area contributed by atoms with Crippen LogP contribution < -0.4 is 14.2 Å². The molecule has 8 nitrogen and oxygen atoms in total. The fourth-order valence-corrected chi connectivity index (χ4v) is 4.65. The zero-order chi connectivity index (χ0) is 25.3. The number of likely N-dealkylation sites (N-methyl/N-ethyl adjacent to an activating group) is 1. The van der Waals surface area contributed by atoms with Gasteiger partial charge in [0.15, 0.2) is 11.5 Å². The minimum absolute atomic E-state index is 0.00493. The predicted molar refractivity (Wildman–Crippen MR) is 138 cm³/mol. The van der Waals surface area contributed by atoms with Crippen LogP contribution in [0.5, 0.6) is 17.2 Å². The van der Waals surface area contributed by atoms with Crippen LogP contribution in [0.4, 0.5) is 0 Å². The Hall–Kier alpha value is -3.26. The second-order valence-corrected chi connectivity index (χ2v) is 9.30. The molecule has 2 aliphatic rings. The van der Waals surface area contributed by atoms with Gasteiger partial charge in [0.25, 0.3) is 5.91 Å². The maximum Gasteiger partial charge on any atom is 0.253 e. The Bertz CT molecular complexity index is 999. The first kappa shape index (κ1) is 25.8. The summed E-state index contributed by atoms with van der Waals surface area (Å²) < 4.78 is 17.3. The number of hydrogen-bond donors (Lipinski definition) is 0. The highest BCUT2D eigenvalue weighted by atomic mass is 16.5. The molecule has 8 heteroatoms. The summed E-state index contributed by atoms with van der Waals surface area (Å²) in [4.78, 5) is 32.2. The zero-order valence-electron chi connectivity index (χ0n) is 21.4. The summed E-state index contributed by atoms with van der Waals surface area (Å²) in [5.41, 5.74) is 0.565. The first-order chi connectivity index (χ1) is 17.5. The number of amides is 2. The van der Waals surface area contributed by atoms with E-state index in [2.05, 4.69) is 11.9 Å². The van der Waals surface area contributed by atoms with Crippen molar-refractivity contribution in [2.75, 3.05) is 66.1 Å². The van der Waals surface area contributed by atoms with E-state index >= 15 is 0 Å². The third-order valence-electron chi connectivity index (χ3n) is 6.79. The summed E-state index contributed by atoms with van der Waals surface area (Å²) in [6.07, 6.45) is 1.41. The van der Waals surface area contributed by atoms with E-state index in [1.54, 1.807) is 18.2 Å². The number of nitrogens with zero attached hydrogens (tertiary/aromatic N) is 3. The minimum Gasteiger partial charge on any atom is -0.490 e. The van der Waals surface area contributed by atoms with Gasteiger partial charge in [-0.3, -0.25) is 9.59 Å². The summed E-state index contributed by atoms with van der Waals surface area (Å²) in [5.74, 6) is 2.13. The molecular formula is C28H37N3O5. The first-order valence-electron chi connectivity index (χ1n) is 12.9. The molecule has 0 spiro atoms. The number of carbonyl (C=O) groups is 2. The van der Waals surface area contributed by atoms with E-state index in [0.717, 1.165) is 31.9 Å². The Morgan fingerprint density at radius 2 is 1.50 bits per heavy atom. The number of hydrogen-bond acceptors (Lipinski definition) is 6. The molecule has 2 amide bonds. The molecular weight excluding hydrogens is 458 g/mol. The van der Waals surface area contributed by atoms with Gasteiger partial charge in [-0.2, -0.15) is 0 Å². The third kappa shape index (κ3) is 6.69. The summed E-state index contributed by atoms with van der Waals surface area (Å²) in [6, 6.07) is 14.9. The highest BCUT2D eigenvalue weighted by Gasteiger charge is 2.31. The Morgan fingerprint density at radius 1 is 0.806 bits per heavy atom. The van der Waals surface area contributed by atoms with Crippen LogP contribution in [-0.4, -0.2) is 92.7 Å². The van der Waals surface area contributed by atoms with Crippen LogP contribution in [0.3, 0.4) is 0 Å². The number of piperazine rings is 1. The average Bonchev–Trinajstić information content (AvgIpc) is 2.92. The van der Waals surface area contributed by atoms with Crippen molar-refractivity contribution in [1.82, 2.24) is 14.7 Å². The van der Waals surface area contributed by atoms with Gasteiger partial charge in [-0.15, -0.1) is 0 Å². The Kier molecular flexibility index (Phi) is 9.06. The van der Waals surface area contributed by atoms with Crippen molar-refractivity contribution in [1.29, 1.82) is 0 Å². The molecule has 2 aliphatic heterocycles. The van der Waals surface area contributed by atoms with Gasteiger partial charge in [0, 0.05) is 50.7 Å².